The van der Waals surface area contributed by atoms with E-state index in [9.17, 15) is 9.59 Å². The minimum atomic E-state index is -0.00316. The van der Waals surface area contributed by atoms with Crippen molar-refractivity contribution in [2.75, 3.05) is 13.1 Å². The van der Waals surface area contributed by atoms with Crippen molar-refractivity contribution in [3.8, 4) is 0 Å². The van der Waals surface area contributed by atoms with Gasteiger partial charge >= 0.3 is 5.69 Å². The fourth-order valence-corrected chi connectivity index (χ4v) is 5.83. The second-order valence-corrected chi connectivity index (χ2v) is 10.2. The van der Waals surface area contributed by atoms with E-state index in [-0.39, 0.29) is 17.0 Å². The van der Waals surface area contributed by atoms with Gasteiger partial charge in [-0.2, -0.15) is 5.10 Å². The van der Waals surface area contributed by atoms with Gasteiger partial charge in [-0.25, -0.2) is 9.48 Å². The van der Waals surface area contributed by atoms with Gasteiger partial charge in [-0.3, -0.25) is 9.36 Å². The fourth-order valence-electron chi connectivity index (χ4n) is 5.00. The molecule has 0 aliphatic carbocycles. The van der Waals surface area contributed by atoms with E-state index in [1.54, 1.807) is 16.0 Å². The minimum Gasteiger partial charge on any atom is -0.338 e. The maximum absolute atomic E-state index is 13.0. The molecule has 1 spiro atoms. The van der Waals surface area contributed by atoms with Crippen LogP contribution in [0.4, 0.5) is 0 Å². The normalized spacial score (nSPS) is 18.0. The fraction of sp³-hybridized carbons (Fsp3) is 0.458. The van der Waals surface area contributed by atoms with Crippen LogP contribution in [-0.4, -0.2) is 38.2 Å². The Labute approximate surface area is 186 Å². The summed E-state index contributed by atoms with van der Waals surface area (Å²) in [6, 6.07) is 14.0. The first-order valence-electron chi connectivity index (χ1n) is 11.1. The van der Waals surface area contributed by atoms with Crippen LogP contribution in [-0.2, 0) is 19.5 Å². The highest BCUT2D eigenvalue weighted by molar-refractivity contribution is 7.13. The van der Waals surface area contributed by atoms with Crippen LogP contribution < -0.4 is 5.69 Å². The van der Waals surface area contributed by atoms with Crippen LogP contribution in [0, 0.1) is 12.3 Å². The first-order valence-corrected chi connectivity index (χ1v) is 11.9. The standard InChI is InChI=1S/C24H28N4O2S/c1-18-7-8-20(31-18)22(29)26-14-11-24(12-15-26)10-9-21-25-28(23(30)27(21)16-13-24)17-19-5-3-2-4-6-19/h2-8H,9-17H2,1H3. The summed E-state index contributed by atoms with van der Waals surface area (Å²) in [5, 5.41) is 4.67. The van der Waals surface area contributed by atoms with Crippen molar-refractivity contribution in [3.05, 3.63) is 74.1 Å². The van der Waals surface area contributed by atoms with Gasteiger partial charge in [0.2, 0.25) is 0 Å². The van der Waals surface area contributed by atoms with Gasteiger partial charge in [0.05, 0.1) is 11.4 Å². The van der Waals surface area contributed by atoms with Crippen molar-refractivity contribution in [3.63, 3.8) is 0 Å². The first kappa shape index (κ1) is 20.2. The van der Waals surface area contributed by atoms with Crippen LogP contribution in [0.3, 0.4) is 0 Å². The molecule has 162 valence electrons. The number of thiophene rings is 1. The lowest BCUT2D eigenvalue weighted by Gasteiger charge is -2.41. The number of hydrogen-bond acceptors (Lipinski definition) is 4. The van der Waals surface area contributed by atoms with Gasteiger partial charge in [0, 0.05) is 30.9 Å². The van der Waals surface area contributed by atoms with Gasteiger partial charge in [-0.15, -0.1) is 11.3 Å². The average molecular weight is 437 g/mol. The Morgan fingerprint density at radius 3 is 2.48 bits per heavy atom. The number of likely N-dealkylation sites (tertiary alicyclic amines) is 1. The molecule has 6 nitrogen and oxygen atoms in total. The number of rotatable bonds is 3. The number of fused-ring (bicyclic) bond motifs is 1. The summed E-state index contributed by atoms with van der Waals surface area (Å²) in [6.45, 7) is 4.88. The summed E-state index contributed by atoms with van der Waals surface area (Å²) in [6.07, 6.45) is 4.86. The molecule has 0 radical (unpaired) electrons. The van der Waals surface area contributed by atoms with Gasteiger partial charge in [0.25, 0.3) is 5.91 Å². The maximum atomic E-state index is 13.0. The molecule has 5 rings (SSSR count). The lowest BCUT2D eigenvalue weighted by Crippen LogP contribution is -2.43. The second kappa shape index (κ2) is 8.11. The third-order valence-electron chi connectivity index (χ3n) is 6.98. The van der Waals surface area contributed by atoms with E-state index in [1.165, 1.54) is 4.88 Å². The molecule has 1 aromatic carbocycles. The summed E-state index contributed by atoms with van der Waals surface area (Å²) in [4.78, 5) is 29.8. The lowest BCUT2D eigenvalue weighted by atomic mass is 9.72. The number of aromatic nitrogens is 3. The molecule has 0 N–H and O–H groups in total. The van der Waals surface area contributed by atoms with E-state index in [1.807, 2.05) is 58.9 Å². The van der Waals surface area contributed by atoms with E-state index in [4.69, 9.17) is 0 Å². The van der Waals surface area contributed by atoms with Gasteiger partial charge < -0.3 is 4.90 Å². The van der Waals surface area contributed by atoms with Crippen LogP contribution in [0.25, 0.3) is 0 Å². The molecular formula is C24H28N4O2S. The van der Waals surface area contributed by atoms with Crippen LogP contribution in [0.5, 0.6) is 0 Å². The zero-order valence-electron chi connectivity index (χ0n) is 17.9. The molecule has 0 unspecified atom stereocenters. The smallest absolute Gasteiger partial charge is 0.338 e. The van der Waals surface area contributed by atoms with Crippen molar-refractivity contribution < 1.29 is 4.79 Å². The zero-order valence-corrected chi connectivity index (χ0v) is 18.7. The number of nitrogens with zero attached hydrogens (tertiary/aromatic N) is 4. The molecule has 0 bridgehead atoms. The maximum Gasteiger partial charge on any atom is 0.346 e. The average Bonchev–Trinajstić information content (AvgIpc) is 3.30. The van der Waals surface area contributed by atoms with Gasteiger partial charge in [0.15, 0.2) is 0 Å². The molecule has 31 heavy (non-hydrogen) atoms. The number of hydrogen-bond donors (Lipinski definition) is 0. The zero-order chi connectivity index (χ0) is 21.4. The molecule has 2 aliphatic rings. The third kappa shape index (κ3) is 3.99. The topological polar surface area (TPSA) is 60.1 Å². The molecule has 0 saturated carbocycles. The quantitative estimate of drug-likeness (QED) is 0.629. The Morgan fingerprint density at radius 2 is 1.77 bits per heavy atom. The number of piperidine rings is 1. The highest BCUT2D eigenvalue weighted by Crippen LogP contribution is 2.41. The predicted molar refractivity (Wildman–Crippen MR) is 122 cm³/mol. The molecular weight excluding hydrogens is 408 g/mol. The Kier molecular flexibility index (Phi) is 5.30. The number of aryl methyl sites for hydroxylation is 2. The van der Waals surface area contributed by atoms with Crippen LogP contribution >= 0.6 is 11.3 Å². The minimum absolute atomic E-state index is 0.00316. The van der Waals surface area contributed by atoms with Crippen molar-refractivity contribution >= 4 is 17.2 Å². The molecule has 4 heterocycles. The monoisotopic (exact) mass is 436 g/mol. The van der Waals surface area contributed by atoms with Crippen molar-refractivity contribution in [2.45, 2.75) is 52.1 Å². The number of amides is 1. The summed E-state index contributed by atoms with van der Waals surface area (Å²) >= 11 is 1.58. The van der Waals surface area contributed by atoms with E-state index < -0.39 is 0 Å². The molecule has 7 heteroatoms. The lowest BCUT2D eigenvalue weighted by molar-refractivity contribution is 0.0539. The van der Waals surface area contributed by atoms with Crippen LogP contribution in [0.1, 0.15) is 51.6 Å². The molecule has 3 aromatic rings. The van der Waals surface area contributed by atoms with E-state index in [2.05, 4.69) is 5.10 Å². The molecule has 2 aliphatic heterocycles. The second-order valence-electron chi connectivity index (χ2n) is 8.95. The Morgan fingerprint density at radius 1 is 1.03 bits per heavy atom. The molecule has 2 aromatic heterocycles. The Balaban J connectivity index is 1.25. The summed E-state index contributed by atoms with van der Waals surface area (Å²) in [5.41, 5.74) is 1.29. The Bertz CT molecular complexity index is 1140. The number of carbonyl (C=O) groups excluding carboxylic acids is 1. The summed E-state index contributed by atoms with van der Waals surface area (Å²) in [5.74, 6) is 1.07. The molecule has 0 atom stereocenters. The van der Waals surface area contributed by atoms with Gasteiger partial charge in [-0.1, -0.05) is 30.3 Å². The summed E-state index contributed by atoms with van der Waals surface area (Å²) < 4.78 is 3.48. The predicted octanol–water partition coefficient (Wildman–Crippen LogP) is 3.72. The van der Waals surface area contributed by atoms with E-state index in [0.29, 0.717) is 6.54 Å². The van der Waals surface area contributed by atoms with Gasteiger partial charge in [-0.05, 0) is 55.7 Å². The third-order valence-corrected chi connectivity index (χ3v) is 7.97. The van der Waals surface area contributed by atoms with Crippen molar-refractivity contribution in [1.82, 2.24) is 19.2 Å². The first-order chi connectivity index (χ1) is 15.0. The number of benzene rings is 1. The highest BCUT2D eigenvalue weighted by atomic mass is 32.1. The molecule has 1 amide bonds. The van der Waals surface area contributed by atoms with Crippen molar-refractivity contribution in [1.29, 1.82) is 0 Å². The van der Waals surface area contributed by atoms with Gasteiger partial charge in [0.1, 0.15) is 5.82 Å². The molecule has 1 fully saturated rings. The highest BCUT2D eigenvalue weighted by Gasteiger charge is 2.38. The number of carbonyl (C=O) groups is 1. The van der Waals surface area contributed by atoms with Crippen LogP contribution in [0.2, 0.25) is 0 Å². The molecule has 1 saturated heterocycles. The van der Waals surface area contributed by atoms with E-state index >= 15 is 0 Å². The van der Waals surface area contributed by atoms with Crippen molar-refractivity contribution in [2.24, 2.45) is 5.41 Å². The van der Waals surface area contributed by atoms with E-state index in [0.717, 1.165) is 68.0 Å². The SMILES string of the molecule is Cc1ccc(C(=O)N2CCC3(CCc4nn(Cc5ccccc5)c(=O)n4CC3)CC2)s1. The largest absolute Gasteiger partial charge is 0.346 e. The van der Waals surface area contributed by atoms with Crippen LogP contribution in [0.15, 0.2) is 47.3 Å². The Hall–Kier alpha value is -2.67. The summed E-state index contributed by atoms with van der Waals surface area (Å²) in [7, 11) is 0.